The molecule has 0 aliphatic carbocycles. The lowest BCUT2D eigenvalue weighted by atomic mass is 9.97. The SMILES string of the molecule is Cc1[nH]nc2ccc(-c3cc(OC[C@@H](N)Cc4c[nH]c5ccccc45)cnc3-c3cc(Cl)ccc3O)cc12. The van der Waals surface area contributed by atoms with E-state index in [0.29, 0.717) is 35.1 Å². The average molecular weight is 524 g/mol. The van der Waals surface area contributed by atoms with E-state index < -0.39 is 0 Å². The van der Waals surface area contributed by atoms with Crippen molar-refractivity contribution in [1.29, 1.82) is 0 Å². The van der Waals surface area contributed by atoms with Crippen LogP contribution in [0.1, 0.15) is 11.3 Å². The fourth-order valence-corrected chi connectivity index (χ4v) is 4.98. The van der Waals surface area contributed by atoms with Crippen molar-refractivity contribution in [1.82, 2.24) is 20.2 Å². The highest BCUT2D eigenvalue weighted by atomic mass is 35.5. The number of halogens is 1. The van der Waals surface area contributed by atoms with Crippen molar-refractivity contribution in [2.75, 3.05) is 6.61 Å². The zero-order valence-electron chi connectivity index (χ0n) is 20.7. The molecule has 3 aromatic heterocycles. The number of aromatic hydroxyl groups is 1. The number of pyridine rings is 1. The molecule has 0 saturated carbocycles. The summed E-state index contributed by atoms with van der Waals surface area (Å²) in [4.78, 5) is 7.99. The largest absolute Gasteiger partial charge is 0.507 e. The van der Waals surface area contributed by atoms with Gasteiger partial charge in [0, 0.05) is 50.4 Å². The van der Waals surface area contributed by atoms with Crippen molar-refractivity contribution in [3.8, 4) is 33.9 Å². The normalized spacial score (nSPS) is 12.3. The number of hydrogen-bond acceptors (Lipinski definition) is 5. The monoisotopic (exact) mass is 523 g/mol. The first-order valence-electron chi connectivity index (χ1n) is 12.3. The number of nitrogens with one attached hydrogen (secondary N) is 2. The number of aromatic amines is 2. The van der Waals surface area contributed by atoms with E-state index in [1.54, 1.807) is 24.4 Å². The highest BCUT2D eigenvalue weighted by Crippen LogP contribution is 2.39. The summed E-state index contributed by atoms with van der Waals surface area (Å²) < 4.78 is 6.13. The van der Waals surface area contributed by atoms with Gasteiger partial charge in [-0.3, -0.25) is 10.1 Å². The minimum Gasteiger partial charge on any atom is -0.507 e. The second-order valence-corrected chi connectivity index (χ2v) is 9.88. The van der Waals surface area contributed by atoms with Crippen molar-refractivity contribution >= 4 is 33.4 Å². The molecule has 0 fully saturated rings. The van der Waals surface area contributed by atoms with E-state index in [-0.39, 0.29) is 11.8 Å². The third-order valence-electron chi connectivity index (χ3n) is 6.75. The number of H-pyrrole nitrogens is 2. The van der Waals surface area contributed by atoms with Gasteiger partial charge in [-0.15, -0.1) is 0 Å². The lowest BCUT2D eigenvalue weighted by molar-refractivity contribution is 0.287. The van der Waals surface area contributed by atoms with Gasteiger partial charge in [-0.2, -0.15) is 5.10 Å². The van der Waals surface area contributed by atoms with Crippen LogP contribution in [0.3, 0.4) is 0 Å². The number of hydrogen-bond donors (Lipinski definition) is 4. The Hall–Kier alpha value is -4.33. The van der Waals surface area contributed by atoms with Gasteiger partial charge in [0.05, 0.1) is 17.4 Å². The van der Waals surface area contributed by atoms with Crippen LogP contribution in [0.15, 0.2) is 79.1 Å². The van der Waals surface area contributed by atoms with Crippen LogP contribution in [0.4, 0.5) is 0 Å². The van der Waals surface area contributed by atoms with Gasteiger partial charge in [-0.1, -0.05) is 35.9 Å². The molecule has 38 heavy (non-hydrogen) atoms. The van der Waals surface area contributed by atoms with Crippen molar-refractivity contribution in [2.24, 2.45) is 5.73 Å². The summed E-state index contributed by atoms with van der Waals surface area (Å²) in [6.07, 6.45) is 4.33. The number of nitrogens with two attached hydrogens (primary N) is 1. The van der Waals surface area contributed by atoms with Crippen LogP contribution < -0.4 is 10.5 Å². The van der Waals surface area contributed by atoms with Crippen molar-refractivity contribution in [3.05, 3.63) is 95.4 Å². The predicted molar refractivity (Wildman–Crippen MR) is 152 cm³/mol. The minimum absolute atomic E-state index is 0.0955. The number of benzene rings is 3. The molecule has 5 N–H and O–H groups in total. The zero-order chi connectivity index (χ0) is 26.2. The molecule has 3 aromatic carbocycles. The van der Waals surface area contributed by atoms with Crippen LogP contribution in [0, 0.1) is 6.92 Å². The van der Waals surface area contributed by atoms with Crippen LogP contribution in [0.25, 0.3) is 44.2 Å². The molecule has 0 radical (unpaired) electrons. The van der Waals surface area contributed by atoms with E-state index in [9.17, 15) is 5.11 Å². The summed E-state index contributed by atoms with van der Waals surface area (Å²) in [7, 11) is 0. The number of aryl methyl sites for hydroxylation is 1. The third-order valence-corrected chi connectivity index (χ3v) is 6.99. The molecule has 0 amide bonds. The Bertz CT molecular complexity index is 1770. The lowest BCUT2D eigenvalue weighted by Gasteiger charge is -2.16. The molecular weight excluding hydrogens is 498 g/mol. The molecule has 190 valence electrons. The van der Waals surface area contributed by atoms with E-state index in [1.165, 1.54) is 5.39 Å². The van der Waals surface area contributed by atoms with Gasteiger partial charge in [0.15, 0.2) is 0 Å². The third kappa shape index (κ3) is 4.58. The summed E-state index contributed by atoms with van der Waals surface area (Å²) in [5, 5.41) is 20.7. The summed E-state index contributed by atoms with van der Waals surface area (Å²) in [5.41, 5.74) is 13.4. The Balaban J connectivity index is 1.32. The standard InChI is InChI=1S/C30H26ClN5O2/c1-17-24-11-18(6-8-28(24)36-35-17)25-13-22(15-34-30(25)26-12-20(31)7-9-29(26)37)38-16-21(32)10-19-14-33-27-5-3-2-4-23(19)27/h2-9,11-15,21,33,37H,10,16,32H2,1H3,(H,35,36)/t21-/m0/s1. The van der Waals surface area contributed by atoms with Crippen molar-refractivity contribution in [3.63, 3.8) is 0 Å². The number of para-hydroxylation sites is 1. The second kappa shape index (κ2) is 9.85. The number of rotatable bonds is 7. The first kappa shape index (κ1) is 24.0. The highest BCUT2D eigenvalue weighted by molar-refractivity contribution is 6.31. The molecular formula is C30H26ClN5O2. The molecule has 6 rings (SSSR count). The van der Waals surface area contributed by atoms with Gasteiger partial charge in [0.1, 0.15) is 18.1 Å². The second-order valence-electron chi connectivity index (χ2n) is 9.44. The molecule has 1 atom stereocenters. The van der Waals surface area contributed by atoms with E-state index in [4.69, 9.17) is 27.1 Å². The van der Waals surface area contributed by atoms with Gasteiger partial charge >= 0.3 is 0 Å². The van der Waals surface area contributed by atoms with Crippen LogP contribution in [0.2, 0.25) is 5.02 Å². The van der Waals surface area contributed by atoms with Crippen LogP contribution in [-0.2, 0) is 6.42 Å². The first-order chi connectivity index (χ1) is 18.5. The molecule has 0 saturated heterocycles. The topological polar surface area (TPSA) is 113 Å². The van der Waals surface area contributed by atoms with E-state index in [0.717, 1.165) is 38.8 Å². The van der Waals surface area contributed by atoms with E-state index >= 15 is 0 Å². The summed E-state index contributed by atoms with van der Waals surface area (Å²) in [6.45, 7) is 2.30. The van der Waals surface area contributed by atoms with Gasteiger partial charge < -0.3 is 20.6 Å². The van der Waals surface area contributed by atoms with Gasteiger partial charge in [0.25, 0.3) is 0 Å². The predicted octanol–water partition coefficient (Wildman–Crippen LogP) is 6.39. The number of ether oxygens (including phenoxy) is 1. The molecule has 7 nitrogen and oxygen atoms in total. The Morgan fingerprint density at radius 3 is 2.79 bits per heavy atom. The quantitative estimate of drug-likeness (QED) is 0.194. The molecule has 3 heterocycles. The molecule has 0 aliphatic rings. The molecule has 6 aromatic rings. The number of nitrogens with zero attached hydrogens (tertiary/aromatic N) is 2. The van der Waals surface area contributed by atoms with Crippen molar-refractivity contribution in [2.45, 2.75) is 19.4 Å². The summed E-state index contributed by atoms with van der Waals surface area (Å²) in [5.74, 6) is 0.682. The maximum atomic E-state index is 10.6. The smallest absolute Gasteiger partial charge is 0.138 e. The molecule has 0 bridgehead atoms. The highest BCUT2D eigenvalue weighted by Gasteiger charge is 2.17. The Morgan fingerprint density at radius 2 is 1.89 bits per heavy atom. The maximum Gasteiger partial charge on any atom is 0.138 e. The molecule has 8 heteroatoms. The molecule has 0 spiro atoms. The number of phenols is 1. The average Bonchev–Trinajstić information content (AvgIpc) is 3.51. The Morgan fingerprint density at radius 1 is 1.03 bits per heavy atom. The Kier molecular flexibility index (Phi) is 6.23. The molecule has 0 aliphatic heterocycles. The maximum absolute atomic E-state index is 10.6. The van der Waals surface area contributed by atoms with Gasteiger partial charge in [0.2, 0.25) is 0 Å². The van der Waals surface area contributed by atoms with Gasteiger partial charge in [-0.25, -0.2) is 0 Å². The Labute approximate surface area is 224 Å². The van der Waals surface area contributed by atoms with Gasteiger partial charge in [-0.05, 0) is 66.9 Å². The van der Waals surface area contributed by atoms with Crippen LogP contribution in [0.5, 0.6) is 11.5 Å². The summed E-state index contributed by atoms with van der Waals surface area (Å²) in [6, 6.07) is 20.8. The number of aromatic nitrogens is 4. The van der Waals surface area contributed by atoms with Crippen LogP contribution >= 0.6 is 11.6 Å². The number of fused-ring (bicyclic) bond motifs is 2. The number of phenolic OH excluding ortho intramolecular Hbond substituents is 1. The summed E-state index contributed by atoms with van der Waals surface area (Å²) >= 11 is 6.27. The minimum atomic E-state index is -0.209. The van der Waals surface area contributed by atoms with E-state index in [2.05, 4.69) is 33.4 Å². The fraction of sp³-hybridized carbons (Fsp3) is 0.133. The van der Waals surface area contributed by atoms with E-state index in [1.807, 2.05) is 43.5 Å². The molecule has 0 unspecified atom stereocenters. The van der Waals surface area contributed by atoms with Crippen LogP contribution in [-0.4, -0.2) is 37.9 Å². The zero-order valence-corrected chi connectivity index (χ0v) is 21.5. The lowest BCUT2D eigenvalue weighted by Crippen LogP contribution is -2.30. The fourth-order valence-electron chi connectivity index (χ4n) is 4.81. The first-order valence-corrected chi connectivity index (χ1v) is 12.7. The van der Waals surface area contributed by atoms with Crippen molar-refractivity contribution < 1.29 is 9.84 Å².